The molecule has 0 fully saturated rings. The molecule has 3 rings (SSSR count). The highest BCUT2D eigenvalue weighted by Crippen LogP contribution is 2.31. The number of rotatable bonds is 1. The summed E-state index contributed by atoms with van der Waals surface area (Å²) in [6.07, 6.45) is 0.795. The van der Waals surface area contributed by atoms with Crippen LogP contribution >= 0.6 is 15.9 Å². The van der Waals surface area contributed by atoms with Gasteiger partial charge in [-0.3, -0.25) is 4.79 Å². The number of fused-ring (bicyclic) bond motifs is 3. The van der Waals surface area contributed by atoms with Crippen LogP contribution in [0.15, 0.2) is 28.7 Å². The molecule has 1 aromatic carbocycles. The first-order valence-corrected chi connectivity index (χ1v) is 6.41. The molecule has 0 N–H and O–H groups in total. The van der Waals surface area contributed by atoms with Crippen molar-refractivity contribution in [2.45, 2.75) is 6.92 Å². The van der Waals surface area contributed by atoms with Gasteiger partial charge in [0.1, 0.15) is 5.69 Å². The first-order valence-electron chi connectivity index (χ1n) is 5.62. The molecule has 2 aromatic heterocycles. The summed E-state index contributed by atoms with van der Waals surface area (Å²) in [6, 6.07) is 8.01. The molecule has 0 atom stereocenters. The fraction of sp³-hybridized carbons (Fsp3) is 0.143. The SMILES string of the molecule is Cc1nc(C=O)cc2c3cc(Br)ccc3n(C)c12. The van der Waals surface area contributed by atoms with Crippen LogP contribution in [-0.4, -0.2) is 15.8 Å². The van der Waals surface area contributed by atoms with E-state index >= 15 is 0 Å². The van der Waals surface area contributed by atoms with E-state index in [-0.39, 0.29) is 0 Å². The van der Waals surface area contributed by atoms with Crippen LogP contribution in [-0.2, 0) is 7.05 Å². The predicted octanol–water partition coefficient (Wildman–Crippen LogP) is 3.61. The summed E-state index contributed by atoms with van der Waals surface area (Å²) in [5.74, 6) is 0. The quantitative estimate of drug-likeness (QED) is 0.644. The number of pyridine rings is 1. The second-order valence-electron chi connectivity index (χ2n) is 4.37. The Hall–Kier alpha value is -1.68. The lowest BCUT2D eigenvalue weighted by molar-refractivity contribution is 0.111. The number of aldehydes is 1. The third-order valence-electron chi connectivity index (χ3n) is 3.25. The van der Waals surface area contributed by atoms with Gasteiger partial charge >= 0.3 is 0 Å². The van der Waals surface area contributed by atoms with Gasteiger partial charge in [0.25, 0.3) is 0 Å². The molecule has 90 valence electrons. The molecular formula is C14H11BrN2O. The molecule has 0 bridgehead atoms. The second-order valence-corrected chi connectivity index (χ2v) is 5.28. The highest BCUT2D eigenvalue weighted by atomic mass is 79.9. The Labute approximate surface area is 113 Å². The van der Waals surface area contributed by atoms with E-state index in [0.717, 1.165) is 38.3 Å². The van der Waals surface area contributed by atoms with Crippen LogP contribution in [0.1, 0.15) is 16.2 Å². The fourth-order valence-corrected chi connectivity index (χ4v) is 2.88. The van der Waals surface area contributed by atoms with Gasteiger partial charge in [-0.05, 0) is 31.2 Å². The highest BCUT2D eigenvalue weighted by molar-refractivity contribution is 9.10. The van der Waals surface area contributed by atoms with Crippen molar-refractivity contribution in [1.29, 1.82) is 0 Å². The van der Waals surface area contributed by atoms with Crippen molar-refractivity contribution >= 4 is 44.0 Å². The van der Waals surface area contributed by atoms with Crippen LogP contribution in [0.25, 0.3) is 21.8 Å². The highest BCUT2D eigenvalue weighted by Gasteiger charge is 2.12. The zero-order valence-electron chi connectivity index (χ0n) is 10.1. The summed E-state index contributed by atoms with van der Waals surface area (Å²) in [5, 5.41) is 2.21. The second kappa shape index (κ2) is 3.92. The van der Waals surface area contributed by atoms with Crippen LogP contribution in [0.2, 0.25) is 0 Å². The van der Waals surface area contributed by atoms with Gasteiger partial charge in [0.05, 0.1) is 11.2 Å². The number of carbonyl (C=O) groups excluding carboxylic acids is 1. The Morgan fingerprint density at radius 3 is 2.78 bits per heavy atom. The monoisotopic (exact) mass is 302 g/mol. The van der Waals surface area contributed by atoms with E-state index in [0.29, 0.717) is 5.69 Å². The average Bonchev–Trinajstić information content (AvgIpc) is 2.63. The number of carbonyl (C=O) groups is 1. The Kier molecular flexibility index (Phi) is 2.48. The molecule has 0 radical (unpaired) electrons. The molecule has 3 aromatic rings. The molecule has 3 nitrogen and oxygen atoms in total. The first-order chi connectivity index (χ1) is 8.61. The number of hydrogen-bond donors (Lipinski definition) is 0. The molecule has 0 spiro atoms. The van der Waals surface area contributed by atoms with Crippen LogP contribution < -0.4 is 0 Å². The van der Waals surface area contributed by atoms with Crippen molar-refractivity contribution in [1.82, 2.24) is 9.55 Å². The van der Waals surface area contributed by atoms with Crippen molar-refractivity contribution in [3.63, 3.8) is 0 Å². The third-order valence-corrected chi connectivity index (χ3v) is 3.75. The number of aromatic nitrogens is 2. The number of hydrogen-bond acceptors (Lipinski definition) is 2. The van der Waals surface area contributed by atoms with Crippen LogP contribution in [0.5, 0.6) is 0 Å². The molecule has 2 heterocycles. The lowest BCUT2D eigenvalue weighted by Crippen LogP contribution is -1.94. The van der Waals surface area contributed by atoms with Crippen molar-refractivity contribution in [2.75, 3.05) is 0 Å². The molecule has 0 saturated carbocycles. The number of benzene rings is 1. The largest absolute Gasteiger partial charge is 0.342 e. The molecule has 0 amide bonds. The number of nitrogens with zero attached hydrogens (tertiary/aromatic N) is 2. The molecular weight excluding hydrogens is 292 g/mol. The van der Waals surface area contributed by atoms with Crippen molar-refractivity contribution < 1.29 is 4.79 Å². The Bertz CT molecular complexity index is 789. The molecule has 18 heavy (non-hydrogen) atoms. The standard InChI is InChI=1S/C14H11BrN2O/c1-8-14-12(6-10(7-18)16-8)11-5-9(15)3-4-13(11)17(14)2/h3-7H,1-2H3. The van der Waals surface area contributed by atoms with Crippen LogP contribution in [0.3, 0.4) is 0 Å². The topological polar surface area (TPSA) is 34.9 Å². The van der Waals surface area contributed by atoms with E-state index in [2.05, 4.69) is 37.6 Å². The van der Waals surface area contributed by atoms with E-state index in [4.69, 9.17) is 0 Å². The molecule has 0 saturated heterocycles. The summed E-state index contributed by atoms with van der Waals surface area (Å²) in [7, 11) is 2.02. The lowest BCUT2D eigenvalue weighted by Gasteiger charge is -2.01. The summed E-state index contributed by atoms with van der Waals surface area (Å²) in [5.41, 5.74) is 3.58. The van der Waals surface area contributed by atoms with Gasteiger partial charge in [-0.25, -0.2) is 4.98 Å². The Morgan fingerprint density at radius 2 is 2.06 bits per heavy atom. The van der Waals surface area contributed by atoms with Gasteiger partial charge in [-0.2, -0.15) is 0 Å². The summed E-state index contributed by atoms with van der Waals surface area (Å²) >= 11 is 3.49. The smallest absolute Gasteiger partial charge is 0.168 e. The van der Waals surface area contributed by atoms with E-state index < -0.39 is 0 Å². The van der Waals surface area contributed by atoms with Gasteiger partial charge in [0.2, 0.25) is 0 Å². The summed E-state index contributed by atoms with van der Waals surface area (Å²) in [4.78, 5) is 15.2. The maximum Gasteiger partial charge on any atom is 0.168 e. The average molecular weight is 303 g/mol. The maximum atomic E-state index is 10.9. The minimum absolute atomic E-state index is 0.479. The van der Waals surface area contributed by atoms with Crippen molar-refractivity contribution in [3.8, 4) is 0 Å². The molecule has 0 aliphatic heterocycles. The van der Waals surface area contributed by atoms with E-state index in [1.807, 2.05) is 26.1 Å². The zero-order chi connectivity index (χ0) is 12.9. The van der Waals surface area contributed by atoms with E-state index in [1.165, 1.54) is 0 Å². The predicted molar refractivity (Wildman–Crippen MR) is 76.0 cm³/mol. The number of aryl methyl sites for hydroxylation is 2. The van der Waals surface area contributed by atoms with Gasteiger partial charge < -0.3 is 4.57 Å². The summed E-state index contributed by atoms with van der Waals surface area (Å²) < 4.78 is 3.15. The van der Waals surface area contributed by atoms with Crippen molar-refractivity contribution in [2.24, 2.45) is 7.05 Å². The summed E-state index contributed by atoms with van der Waals surface area (Å²) in [6.45, 7) is 1.93. The first kappa shape index (κ1) is 11.4. The van der Waals surface area contributed by atoms with Gasteiger partial charge in [-0.15, -0.1) is 0 Å². The minimum atomic E-state index is 0.479. The van der Waals surface area contributed by atoms with Crippen LogP contribution in [0.4, 0.5) is 0 Å². The Balaban J connectivity index is 2.60. The minimum Gasteiger partial charge on any atom is -0.342 e. The van der Waals surface area contributed by atoms with E-state index in [9.17, 15) is 4.79 Å². The lowest BCUT2D eigenvalue weighted by atomic mass is 10.1. The van der Waals surface area contributed by atoms with Gasteiger partial charge in [0, 0.05) is 27.8 Å². The molecule has 0 aliphatic carbocycles. The fourth-order valence-electron chi connectivity index (χ4n) is 2.52. The molecule has 0 aliphatic rings. The molecule has 4 heteroatoms. The van der Waals surface area contributed by atoms with E-state index in [1.54, 1.807) is 0 Å². The van der Waals surface area contributed by atoms with Crippen LogP contribution in [0, 0.1) is 6.92 Å². The third kappa shape index (κ3) is 1.49. The van der Waals surface area contributed by atoms with Gasteiger partial charge in [0.15, 0.2) is 6.29 Å². The number of halogens is 1. The van der Waals surface area contributed by atoms with Crippen molar-refractivity contribution in [3.05, 3.63) is 40.1 Å². The molecule has 0 unspecified atom stereocenters. The zero-order valence-corrected chi connectivity index (χ0v) is 11.7. The normalized spacial score (nSPS) is 11.3. The van der Waals surface area contributed by atoms with Gasteiger partial charge in [-0.1, -0.05) is 15.9 Å². The Morgan fingerprint density at radius 1 is 1.28 bits per heavy atom. The maximum absolute atomic E-state index is 10.9.